The lowest BCUT2D eigenvalue weighted by Crippen LogP contribution is -2.29. The zero-order valence-corrected chi connectivity index (χ0v) is 18.0. The third-order valence-corrected chi connectivity index (χ3v) is 7.13. The molecule has 0 radical (unpaired) electrons. The molecule has 30 heavy (non-hydrogen) atoms. The molecule has 1 aliphatic heterocycles. The molecule has 0 unspecified atom stereocenters. The van der Waals surface area contributed by atoms with E-state index >= 15 is 0 Å². The predicted octanol–water partition coefficient (Wildman–Crippen LogP) is 3.39. The number of hydrogen-bond donors (Lipinski definition) is 3. The first kappa shape index (κ1) is 19.6. The van der Waals surface area contributed by atoms with Crippen molar-refractivity contribution in [2.45, 2.75) is 63.5 Å². The van der Waals surface area contributed by atoms with Gasteiger partial charge in [-0.05, 0) is 56.9 Å². The Hall–Kier alpha value is -2.39. The molecule has 3 heterocycles. The van der Waals surface area contributed by atoms with Gasteiger partial charge in [-0.15, -0.1) is 0 Å². The van der Waals surface area contributed by atoms with Crippen LogP contribution in [0, 0.1) is 0 Å². The molecule has 2 fully saturated rings. The molecular weight excluding hydrogens is 398 g/mol. The molecule has 3 aliphatic rings. The van der Waals surface area contributed by atoms with Gasteiger partial charge < -0.3 is 21.7 Å². The number of nitrogens with zero attached hydrogens (tertiary/aromatic N) is 4. The predicted molar refractivity (Wildman–Crippen MR) is 121 cm³/mol. The van der Waals surface area contributed by atoms with Crippen LogP contribution < -0.4 is 21.7 Å². The van der Waals surface area contributed by atoms with Gasteiger partial charge in [0.05, 0.1) is 12.2 Å². The molecule has 1 atom stereocenters. The Morgan fingerprint density at radius 3 is 2.83 bits per heavy atom. The molecule has 0 bridgehead atoms. The standard InChI is InChI=1S/C21H29N7OS/c22-14-6-3-10-27(11-9-14)21-16(12-24-28(21)15-7-8-15)25-19(29)17-18(23)30-20(26-17)13-4-1-2-5-13/h4,12,14-15H,1-3,5-11,22-23H2,(H,25,29)/t14-/m1/s1. The van der Waals surface area contributed by atoms with E-state index in [0.717, 1.165) is 81.0 Å². The second-order valence-electron chi connectivity index (χ2n) is 8.54. The van der Waals surface area contributed by atoms with Crippen molar-refractivity contribution in [1.82, 2.24) is 14.8 Å². The summed E-state index contributed by atoms with van der Waals surface area (Å²) in [5.74, 6) is 0.726. The van der Waals surface area contributed by atoms with Gasteiger partial charge in [-0.2, -0.15) is 5.10 Å². The molecule has 5 N–H and O–H groups in total. The number of nitrogens with two attached hydrogens (primary N) is 2. The summed E-state index contributed by atoms with van der Waals surface area (Å²) in [7, 11) is 0. The summed E-state index contributed by atoms with van der Waals surface area (Å²) < 4.78 is 2.08. The maximum Gasteiger partial charge on any atom is 0.277 e. The van der Waals surface area contributed by atoms with Crippen LogP contribution in [0.2, 0.25) is 0 Å². The maximum absolute atomic E-state index is 13.1. The van der Waals surface area contributed by atoms with Gasteiger partial charge in [0.25, 0.3) is 5.91 Å². The van der Waals surface area contributed by atoms with E-state index in [4.69, 9.17) is 11.5 Å². The number of aromatic nitrogens is 3. The van der Waals surface area contributed by atoms with Crippen LogP contribution in [0.15, 0.2) is 12.3 Å². The second-order valence-corrected chi connectivity index (χ2v) is 9.57. The molecule has 160 valence electrons. The fourth-order valence-corrected chi connectivity index (χ4v) is 5.25. The van der Waals surface area contributed by atoms with Crippen LogP contribution in [0.3, 0.4) is 0 Å². The lowest BCUT2D eigenvalue weighted by Gasteiger charge is -2.25. The van der Waals surface area contributed by atoms with E-state index in [1.54, 1.807) is 6.20 Å². The molecule has 2 aromatic rings. The van der Waals surface area contributed by atoms with Gasteiger partial charge in [0.15, 0.2) is 11.5 Å². The van der Waals surface area contributed by atoms with E-state index in [2.05, 4.69) is 31.1 Å². The number of rotatable bonds is 5. The Balaban J connectivity index is 1.40. The Bertz CT molecular complexity index is 974. The second kappa shape index (κ2) is 8.03. The summed E-state index contributed by atoms with van der Waals surface area (Å²) in [6.45, 7) is 1.80. The van der Waals surface area contributed by atoms with E-state index in [-0.39, 0.29) is 11.9 Å². The average Bonchev–Trinajstić information content (AvgIpc) is 3.15. The monoisotopic (exact) mass is 427 g/mol. The van der Waals surface area contributed by atoms with Gasteiger partial charge in [-0.1, -0.05) is 17.4 Å². The smallest absolute Gasteiger partial charge is 0.277 e. The molecule has 1 saturated heterocycles. The molecule has 9 heteroatoms. The molecule has 8 nitrogen and oxygen atoms in total. The minimum atomic E-state index is -0.267. The van der Waals surface area contributed by atoms with Crippen molar-refractivity contribution >= 4 is 39.3 Å². The third kappa shape index (κ3) is 3.83. The van der Waals surface area contributed by atoms with Crippen LogP contribution in [0.1, 0.15) is 72.9 Å². The quantitative estimate of drug-likeness (QED) is 0.674. The van der Waals surface area contributed by atoms with Crippen LogP contribution in [0.5, 0.6) is 0 Å². The highest BCUT2D eigenvalue weighted by molar-refractivity contribution is 7.17. The van der Waals surface area contributed by atoms with Crippen molar-refractivity contribution in [3.05, 3.63) is 23.0 Å². The summed E-state index contributed by atoms with van der Waals surface area (Å²) in [4.78, 5) is 20.0. The largest absolute Gasteiger partial charge is 0.389 e. The van der Waals surface area contributed by atoms with E-state index in [9.17, 15) is 4.79 Å². The first-order valence-electron chi connectivity index (χ1n) is 10.9. The summed E-state index contributed by atoms with van der Waals surface area (Å²) in [6.07, 6.45) is 12.5. The molecule has 5 rings (SSSR count). The first-order valence-corrected chi connectivity index (χ1v) is 11.8. The molecule has 0 aromatic carbocycles. The van der Waals surface area contributed by atoms with E-state index in [1.807, 2.05) is 0 Å². The van der Waals surface area contributed by atoms with E-state index in [0.29, 0.717) is 16.7 Å². The summed E-state index contributed by atoms with van der Waals surface area (Å²) in [5.41, 5.74) is 14.6. The highest BCUT2D eigenvalue weighted by atomic mass is 32.1. The Morgan fingerprint density at radius 2 is 2.07 bits per heavy atom. The number of amides is 1. The fraction of sp³-hybridized carbons (Fsp3) is 0.571. The fourth-order valence-electron chi connectivity index (χ4n) is 4.36. The van der Waals surface area contributed by atoms with Crippen LogP contribution >= 0.6 is 11.3 Å². The number of nitrogen functional groups attached to an aromatic ring is 1. The van der Waals surface area contributed by atoms with Gasteiger partial charge in [0.1, 0.15) is 15.7 Å². The number of nitrogens with one attached hydrogen (secondary N) is 1. The Morgan fingerprint density at radius 1 is 1.20 bits per heavy atom. The van der Waals surface area contributed by atoms with E-state index in [1.165, 1.54) is 16.9 Å². The molecule has 1 amide bonds. The SMILES string of the molecule is Nc1sc(C2=CCCC2)nc1C(=O)Nc1cnn(C2CC2)c1N1CCC[C@@H](N)CC1. The number of hydrogen-bond acceptors (Lipinski definition) is 7. The minimum absolute atomic E-state index is 0.239. The van der Waals surface area contributed by atoms with Crippen molar-refractivity contribution in [1.29, 1.82) is 0 Å². The zero-order chi connectivity index (χ0) is 20.7. The first-order chi connectivity index (χ1) is 14.6. The van der Waals surface area contributed by atoms with Gasteiger partial charge in [0.2, 0.25) is 0 Å². The highest BCUT2D eigenvalue weighted by Gasteiger charge is 2.32. The van der Waals surface area contributed by atoms with Gasteiger partial charge in [-0.25, -0.2) is 9.67 Å². The number of anilines is 3. The summed E-state index contributed by atoms with van der Waals surface area (Å²) >= 11 is 1.40. The van der Waals surface area contributed by atoms with Crippen molar-refractivity contribution < 1.29 is 4.79 Å². The zero-order valence-electron chi connectivity index (χ0n) is 17.1. The van der Waals surface area contributed by atoms with Crippen LogP contribution in [-0.2, 0) is 0 Å². The molecular formula is C21H29N7OS. The van der Waals surface area contributed by atoms with E-state index < -0.39 is 0 Å². The minimum Gasteiger partial charge on any atom is -0.389 e. The van der Waals surface area contributed by atoms with Crippen LogP contribution in [-0.4, -0.2) is 39.8 Å². The Labute approximate surface area is 180 Å². The molecule has 1 saturated carbocycles. The van der Waals surface area contributed by atoms with Crippen LogP contribution in [0.25, 0.3) is 5.57 Å². The maximum atomic E-state index is 13.1. The topological polar surface area (TPSA) is 115 Å². The van der Waals surface area contributed by atoms with Crippen molar-refractivity contribution in [3.63, 3.8) is 0 Å². The van der Waals surface area contributed by atoms with Gasteiger partial charge in [-0.3, -0.25) is 4.79 Å². The Kier molecular flexibility index (Phi) is 5.24. The third-order valence-electron chi connectivity index (χ3n) is 6.17. The van der Waals surface area contributed by atoms with Crippen molar-refractivity contribution in [2.24, 2.45) is 5.73 Å². The number of allylic oxidation sites excluding steroid dienone is 2. The number of thiazole rings is 1. The molecule has 0 spiro atoms. The van der Waals surface area contributed by atoms with Gasteiger partial charge in [0, 0.05) is 19.1 Å². The average molecular weight is 428 g/mol. The molecule has 2 aliphatic carbocycles. The lowest BCUT2D eigenvalue weighted by molar-refractivity contribution is 0.102. The van der Waals surface area contributed by atoms with Crippen molar-refractivity contribution in [2.75, 3.05) is 29.0 Å². The normalized spacial score (nSPS) is 22.1. The number of carbonyl (C=O) groups is 1. The molecule has 2 aromatic heterocycles. The number of carbonyl (C=O) groups excluding carboxylic acids is 1. The summed E-state index contributed by atoms with van der Waals surface area (Å²) in [6, 6.07) is 0.663. The lowest BCUT2D eigenvalue weighted by atomic mass is 10.1. The summed E-state index contributed by atoms with van der Waals surface area (Å²) in [5, 5.41) is 9.00. The van der Waals surface area contributed by atoms with Gasteiger partial charge >= 0.3 is 0 Å². The van der Waals surface area contributed by atoms with Crippen molar-refractivity contribution in [3.8, 4) is 0 Å². The highest BCUT2D eigenvalue weighted by Crippen LogP contribution is 2.41. The van der Waals surface area contributed by atoms with Crippen LogP contribution in [0.4, 0.5) is 16.5 Å².